The maximum absolute atomic E-state index is 3.63. The zero-order valence-electron chi connectivity index (χ0n) is 11.7. The van der Waals surface area contributed by atoms with E-state index < -0.39 is 0 Å². The van der Waals surface area contributed by atoms with Gasteiger partial charge >= 0.3 is 0 Å². The molecule has 2 heterocycles. The summed E-state index contributed by atoms with van der Waals surface area (Å²) < 4.78 is 1.20. The Morgan fingerprint density at radius 3 is 2.74 bits per heavy atom. The first-order valence-electron chi connectivity index (χ1n) is 7.48. The van der Waals surface area contributed by atoms with Crippen LogP contribution in [-0.2, 0) is 0 Å². The molecule has 1 aromatic rings. The molecule has 2 aliphatic heterocycles. The van der Waals surface area contributed by atoms with Crippen LogP contribution in [0.15, 0.2) is 22.7 Å². The van der Waals surface area contributed by atoms with Crippen LogP contribution in [0.25, 0.3) is 0 Å². The fraction of sp³-hybridized carbons (Fsp3) is 0.625. The molecular weight excluding hydrogens is 300 g/mol. The molecule has 0 N–H and O–H groups in total. The largest absolute Gasteiger partial charge is 0.370 e. The summed E-state index contributed by atoms with van der Waals surface area (Å²) in [6, 6.07) is 7.55. The summed E-state index contributed by atoms with van der Waals surface area (Å²) in [6.45, 7) is 7.18. The number of hydrogen-bond acceptors (Lipinski definition) is 2. The molecule has 104 valence electrons. The summed E-state index contributed by atoms with van der Waals surface area (Å²) in [5.41, 5.74) is 2.73. The van der Waals surface area contributed by atoms with Gasteiger partial charge in [0.05, 0.1) is 0 Å². The summed E-state index contributed by atoms with van der Waals surface area (Å²) in [6.07, 6.45) is 5.48. The van der Waals surface area contributed by atoms with Crippen molar-refractivity contribution in [2.24, 2.45) is 0 Å². The van der Waals surface area contributed by atoms with Crippen LogP contribution < -0.4 is 4.90 Å². The summed E-state index contributed by atoms with van der Waals surface area (Å²) in [7, 11) is 0. The van der Waals surface area contributed by atoms with Crippen molar-refractivity contribution in [2.75, 3.05) is 31.1 Å². The van der Waals surface area contributed by atoms with Crippen molar-refractivity contribution in [2.45, 2.75) is 38.6 Å². The third-order valence-corrected chi connectivity index (χ3v) is 4.90. The Morgan fingerprint density at radius 2 is 1.89 bits per heavy atom. The molecule has 1 atom stereocenters. The van der Waals surface area contributed by atoms with Crippen molar-refractivity contribution >= 4 is 21.6 Å². The van der Waals surface area contributed by atoms with E-state index in [1.165, 1.54) is 67.6 Å². The van der Waals surface area contributed by atoms with E-state index in [4.69, 9.17) is 0 Å². The number of halogens is 1. The molecule has 0 spiro atoms. The minimum atomic E-state index is 0.774. The Hall–Kier alpha value is -0.540. The van der Waals surface area contributed by atoms with Crippen LogP contribution in [0.2, 0.25) is 0 Å². The Morgan fingerprint density at radius 1 is 1.05 bits per heavy atom. The first kappa shape index (κ1) is 13.4. The molecule has 0 radical (unpaired) electrons. The van der Waals surface area contributed by atoms with Crippen LogP contribution in [0.5, 0.6) is 0 Å². The summed E-state index contributed by atoms with van der Waals surface area (Å²) >= 11 is 3.63. The number of piperidine rings is 1. The Kier molecular flexibility index (Phi) is 4.13. The summed E-state index contributed by atoms with van der Waals surface area (Å²) in [4.78, 5) is 5.31. The standard InChI is InChI=1S/C16H23BrN2/c1-13-9-14(17)11-16(10-13)19-8-4-7-18-6-3-2-5-15(18)12-19/h9-11,15H,2-8,12H2,1H3. The zero-order valence-corrected chi connectivity index (χ0v) is 13.3. The van der Waals surface area contributed by atoms with E-state index in [2.05, 4.69) is 50.9 Å². The average Bonchev–Trinajstić information content (AvgIpc) is 2.59. The normalized spacial score (nSPS) is 24.9. The SMILES string of the molecule is Cc1cc(Br)cc(N2CCCN3CCCCC3C2)c1. The smallest absolute Gasteiger partial charge is 0.0380 e. The molecule has 19 heavy (non-hydrogen) atoms. The van der Waals surface area contributed by atoms with Gasteiger partial charge in [0.2, 0.25) is 0 Å². The maximum atomic E-state index is 3.63. The van der Waals surface area contributed by atoms with Crippen molar-refractivity contribution in [3.63, 3.8) is 0 Å². The van der Waals surface area contributed by atoms with Gasteiger partial charge in [-0.25, -0.2) is 0 Å². The molecular formula is C16H23BrN2. The van der Waals surface area contributed by atoms with Crippen molar-refractivity contribution in [1.29, 1.82) is 0 Å². The van der Waals surface area contributed by atoms with Crippen LogP contribution >= 0.6 is 15.9 Å². The van der Waals surface area contributed by atoms with Crippen LogP contribution in [0.3, 0.4) is 0 Å². The van der Waals surface area contributed by atoms with Gasteiger partial charge in [-0.05, 0) is 56.5 Å². The van der Waals surface area contributed by atoms with Gasteiger partial charge in [0.25, 0.3) is 0 Å². The highest BCUT2D eigenvalue weighted by molar-refractivity contribution is 9.10. The summed E-state index contributed by atoms with van der Waals surface area (Å²) in [5, 5.41) is 0. The molecule has 0 aromatic heterocycles. The molecule has 3 rings (SSSR count). The lowest BCUT2D eigenvalue weighted by Crippen LogP contribution is -2.44. The molecule has 1 unspecified atom stereocenters. The van der Waals surface area contributed by atoms with Gasteiger partial charge in [0.15, 0.2) is 0 Å². The second-order valence-corrected chi connectivity index (χ2v) is 6.89. The quantitative estimate of drug-likeness (QED) is 0.775. The minimum Gasteiger partial charge on any atom is -0.370 e. The highest BCUT2D eigenvalue weighted by Gasteiger charge is 2.27. The molecule has 2 fully saturated rings. The number of fused-ring (bicyclic) bond motifs is 1. The maximum Gasteiger partial charge on any atom is 0.0380 e. The molecule has 0 aliphatic carbocycles. The predicted octanol–water partition coefficient (Wildman–Crippen LogP) is 3.82. The number of nitrogens with zero attached hydrogens (tertiary/aromatic N) is 2. The van der Waals surface area contributed by atoms with Crippen LogP contribution in [0.1, 0.15) is 31.2 Å². The van der Waals surface area contributed by atoms with E-state index >= 15 is 0 Å². The second kappa shape index (κ2) is 5.84. The van der Waals surface area contributed by atoms with Gasteiger partial charge < -0.3 is 4.90 Å². The van der Waals surface area contributed by atoms with E-state index in [0.717, 1.165) is 6.04 Å². The van der Waals surface area contributed by atoms with Crippen LogP contribution in [-0.4, -0.2) is 37.1 Å². The molecule has 1 aromatic carbocycles. The number of aryl methyl sites for hydroxylation is 1. The molecule has 0 saturated carbocycles. The molecule has 2 saturated heterocycles. The first-order valence-corrected chi connectivity index (χ1v) is 8.28. The topological polar surface area (TPSA) is 6.48 Å². The van der Waals surface area contributed by atoms with Gasteiger partial charge in [0, 0.05) is 35.8 Å². The van der Waals surface area contributed by atoms with E-state index in [-0.39, 0.29) is 0 Å². The van der Waals surface area contributed by atoms with Crippen molar-refractivity contribution in [3.8, 4) is 0 Å². The lowest BCUT2D eigenvalue weighted by Gasteiger charge is -2.36. The van der Waals surface area contributed by atoms with Gasteiger partial charge in [-0.15, -0.1) is 0 Å². The molecule has 2 nitrogen and oxygen atoms in total. The Labute approximate surface area is 124 Å². The van der Waals surface area contributed by atoms with Gasteiger partial charge in [-0.2, -0.15) is 0 Å². The second-order valence-electron chi connectivity index (χ2n) is 5.97. The third-order valence-electron chi connectivity index (χ3n) is 4.45. The van der Waals surface area contributed by atoms with Gasteiger partial charge in [-0.1, -0.05) is 22.4 Å². The van der Waals surface area contributed by atoms with E-state index in [1.54, 1.807) is 0 Å². The van der Waals surface area contributed by atoms with Crippen LogP contribution in [0.4, 0.5) is 5.69 Å². The lowest BCUT2D eigenvalue weighted by atomic mass is 10.0. The zero-order chi connectivity index (χ0) is 13.2. The van der Waals surface area contributed by atoms with Crippen molar-refractivity contribution in [1.82, 2.24) is 4.90 Å². The molecule has 0 amide bonds. The van der Waals surface area contributed by atoms with Gasteiger partial charge in [0.1, 0.15) is 0 Å². The number of benzene rings is 1. The Bertz CT molecular complexity index is 426. The van der Waals surface area contributed by atoms with Gasteiger partial charge in [-0.3, -0.25) is 4.90 Å². The summed E-state index contributed by atoms with van der Waals surface area (Å²) in [5.74, 6) is 0. The highest BCUT2D eigenvalue weighted by Crippen LogP contribution is 2.27. The monoisotopic (exact) mass is 322 g/mol. The minimum absolute atomic E-state index is 0.774. The molecule has 3 heteroatoms. The predicted molar refractivity (Wildman–Crippen MR) is 84.9 cm³/mol. The molecule has 0 bridgehead atoms. The third kappa shape index (κ3) is 3.14. The fourth-order valence-corrected chi connectivity index (χ4v) is 4.10. The van der Waals surface area contributed by atoms with Crippen molar-refractivity contribution in [3.05, 3.63) is 28.2 Å². The van der Waals surface area contributed by atoms with E-state index in [0.29, 0.717) is 0 Å². The van der Waals surface area contributed by atoms with Crippen molar-refractivity contribution < 1.29 is 0 Å². The number of anilines is 1. The average molecular weight is 323 g/mol. The van der Waals surface area contributed by atoms with Crippen LogP contribution in [0, 0.1) is 6.92 Å². The highest BCUT2D eigenvalue weighted by atomic mass is 79.9. The Balaban J connectivity index is 1.80. The lowest BCUT2D eigenvalue weighted by molar-refractivity contribution is 0.162. The fourth-order valence-electron chi connectivity index (χ4n) is 3.51. The van der Waals surface area contributed by atoms with E-state index in [9.17, 15) is 0 Å². The van der Waals surface area contributed by atoms with E-state index in [1.807, 2.05) is 0 Å². The number of hydrogen-bond donors (Lipinski definition) is 0. The number of rotatable bonds is 1. The first-order chi connectivity index (χ1) is 9.22. The molecule has 2 aliphatic rings.